The van der Waals surface area contributed by atoms with Gasteiger partial charge in [-0.25, -0.2) is 0 Å². The van der Waals surface area contributed by atoms with Gasteiger partial charge in [0.05, 0.1) is 4.05 Å². The highest BCUT2D eigenvalue weighted by Gasteiger charge is 2.30. The minimum absolute atomic E-state index is 0.227. The van der Waals surface area contributed by atoms with Gasteiger partial charge in [0.2, 0.25) is 5.91 Å². The Morgan fingerprint density at radius 3 is 2.23 bits per heavy atom. The lowest BCUT2D eigenvalue weighted by molar-refractivity contribution is -0.119. The molecule has 2 aromatic rings. The quantitative estimate of drug-likeness (QED) is 0.347. The maximum Gasteiger partial charge on any atom is 0.226 e. The Morgan fingerprint density at radius 2 is 1.65 bits per heavy atom. The van der Waals surface area contributed by atoms with E-state index in [2.05, 4.69) is 70.0 Å². The Bertz CT molecular complexity index is 684. The molecule has 0 N–H and O–H groups in total. The molecule has 2 aromatic carbocycles. The molecule has 1 saturated heterocycles. The van der Waals surface area contributed by atoms with Gasteiger partial charge in [-0.15, -0.1) is 0 Å². The summed E-state index contributed by atoms with van der Waals surface area (Å²) in [6.07, 6.45) is 3.70. The van der Waals surface area contributed by atoms with Crippen molar-refractivity contribution in [3.05, 3.63) is 66.2 Å². The second-order valence-corrected chi connectivity index (χ2v) is 8.28. The molecule has 1 atom stereocenters. The second kappa shape index (κ2) is 9.51. The molecule has 0 aromatic heterocycles. The highest BCUT2D eigenvalue weighted by molar-refractivity contribution is 14.1. The number of rotatable bonds is 6. The standard InChI is InChI=1S/C22H27IN2O/c1-2-22(26)25(19-11-7-4-8-12-19)20-13-15-24(16-14-20)21(23)17-18-9-5-3-6-10-18/h3-12,20-21H,2,13-17H2,1H3. The van der Waals surface area contributed by atoms with E-state index in [-0.39, 0.29) is 5.91 Å². The van der Waals surface area contributed by atoms with E-state index in [1.165, 1.54) is 5.56 Å². The molecule has 0 saturated carbocycles. The third kappa shape index (κ3) is 4.86. The van der Waals surface area contributed by atoms with Gasteiger partial charge in [0, 0.05) is 31.2 Å². The Kier molecular flexibility index (Phi) is 7.08. The molecule has 3 nitrogen and oxygen atoms in total. The largest absolute Gasteiger partial charge is 0.309 e. The van der Waals surface area contributed by atoms with Gasteiger partial charge in [-0.1, -0.05) is 78.0 Å². The van der Waals surface area contributed by atoms with Crippen molar-refractivity contribution in [3.63, 3.8) is 0 Å². The number of amides is 1. The van der Waals surface area contributed by atoms with Crippen LogP contribution in [0.3, 0.4) is 0 Å². The van der Waals surface area contributed by atoms with Crippen LogP contribution in [0.5, 0.6) is 0 Å². The third-order valence-corrected chi connectivity index (χ3v) is 6.34. The molecule has 4 heteroatoms. The van der Waals surface area contributed by atoms with E-state index in [4.69, 9.17) is 0 Å². The normalized spacial score (nSPS) is 17.0. The van der Waals surface area contributed by atoms with E-state index in [0.717, 1.165) is 38.0 Å². The first-order valence-corrected chi connectivity index (χ1v) is 10.7. The fourth-order valence-electron chi connectivity index (χ4n) is 3.68. The summed E-state index contributed by atoms with van der Waals surface area (Å²) in [5, 5.41) is 0. The Morgan fingerprint density at radius 1 is 1.08 bits per heavy atom. The molecule has 3 rings (SSSR count). The van der Waals surface area contributed by atoms with Gasteiger partial charge in [0.15, 0.2) is 0 Å². The van der Waals surface area contributed by atoms with E-state index < -0.39 is 0 Å². The second-order valence-electron chi connectivity index (χ2n) is 6.84. The molecule has 1 aliphatic rings. The maximum atomic E-state index is 12.6. The summed E-state index contributed by atoms with van der Waals surface area (Å²) < 4.78 is 0.503. The summed E-state index contributed by atoms with van der Waals surface area (Å²) in [5.41, 5.74) is 2.43. The van der Waals surface area contributed by atoms with Crippen LogP contribution in [-0.4, -0.2) is 34.0 Å². The number of hydrogen-bond acceptors (Lipinski definition) is 2. The molecule has 26 heavy (non-hydrogen) atoms. The molecule has 0 spiro atoms. The number of nitrogens with zero attached hydrogens (tertiary/aromatic N) is 2. The van der Waals surface area contributed by atoms with Crippen LogP contribution in [0.2, 0.25) is 0 Å². The van der Waals surface area contributed by atoms with Crippen LogP contribution in [0.4, 0.5) is 5.69 Å². The Labute approximate surface area is 170 Å². The average Bonchev–Trinajstić information content (AvgIpc) is 2.70. The molecule has 1 amide bonds. The summed E-state index contributed by atoms with van der Waals surface area (Å²) >= 11 is 2.57. The number of anilines is 1. The number of para-hydroxylation sites is 1. The van der Waals surface area contributed by atoms with E-state index in [1.54, 1.807) is 0 Å². The van der Waals surface area contributed by atoms with E-state index in [0.29, 0.717) is 16.5 Å². The smallest absolute Gasteiger partial charge is 0.226 e. The van der Waals surface area contributed by atoms with Crippen molar-refractivity contribution in [2.45, 2.75) is 42.7 Å². The number of piperidine rings is 1. The average molecular weight is 462 g/mol. The molecule has 1 heterocycles. The van der Waals surface area contributed by atoms with Crippen LogP contribution in [-0.2, 0) is 11.2 Å². The lowest BCUT2D eigenvalue weighted by Crippen LogP contribution is -2.49. The molecular formula is C22H27IN2O. The van der Waals surface area contributed by atoms with Gasteiger partial charge >= 0.3 is 0 Å². The van der Waals surface area contributed by atoms with E-state index >= 15 is 0 Å². The van der Waals surface area contributed by atoms with Crippen molar-refractivity contribution in [1.29, 1.82) is 0 Å². The molecule has 1 unspecified atom stereocenters. The lowest BCUT2D eigenvalue weighted by Gasteiger charge is -2.40. The van der Waals surface area contributed by atoms with Gasteiger partial charge in [-0.2, -0.15) is 0 Å². The van der Waals surface area contributed by atoms with Crippen molar-refractivity contribution in [3.8, 4) is 0 Å². The zero-order valence-electron chi connectivity index (χ0n) is 15.4. The van der Waals surface area contributed by atoms with Crippen molar-refractivity contribution in [1.82, 2.24) is 4.90 Å². The van der Waals surface area contributed by atoms with Crippen LogP contribution in [0.25, 0.3) is 0 Å². The van der Waals surface area contributed by atoms with E-state index in [1.807, 2.05) is 30.0 Å². The van der Waals surface area contributed by atoms with Gasteiger partial charge in [-0.3, -0.25) is 9.69 Å². The predicted octanol–water partition coefficient (Wildman–Crippen LogP) is 4.90. The highest BCUT2D eigenvalue weighted by atomic mass is 127. The van der Waals surface area contributed by atoms with Crippen molar-refractivity contribution in [2.75, 3.05) is 18.0 Å². The SMILES string of the molecule is CCC(=O)N(c1ccccc1)C1CCN(C(I)Cc2ccccc2)CC1. The zero-order valence-corrected chi connectivity index (χ0v) is 17.5. The summed E-state index contributed by atoms with van der Waals surface area (Å²) in [6, 6.07) is 21.1. The van der Waals surface area contributed by atoms with Gasteiger partial charge in [0.1, 0.15) is 0 Å². The maximum absolute atomic E-state index is 12.6. The van der Waals surface area contributed by atoms with Crippen LogP contribution in [0, 0.1) is 0 Å². The van der Waals surface area contributed by atoms with Gasteiger partial charge in [-0.05, 0) is 37.0 Å². The lowest BCUT2D eigenvalue weighted by atomic mass is 10.0. The molecular weight excluding hydrogens is 435 g/mol. The van der Waals surface area contributed by atoms with E-state index in [9.17, 15) is 4.79 Å². The summed E-state index contributed by atoms with van der Waals surface area (Å²) in [4.78, 5) is 17.2. The summed E-state index contributed by atoms with van der Waals surface area (Å²) in [5.74, 6) is 0.227. The number of carbonyl (C=O) groups is 1. The Balaban J connectivity index is 1.62. The monoisotopic (exact) mass is 462 g/mol. The number of halogens is 1. The molecule has 1 fully saturated rings. The van der Waals surface area contributed by atoms with Crippen LogP contribution in [0.1, 0.15) is 31.7 Å². The first-order chi connectivity index (χ1) is 12.7. The summed E-state index contributed by atoms with van der Waals surface area (Å²) in [7, 11) is 0. The van der Waals surface area contributed by atoms with Gasteiger partial charge < -0.3 is 4.90 Å². The molecule has 1 aliphatic heterocycles. The number of likely N-dealkylation sites (tertiary alicyclic amines) is 1. The van der Waals surface area contributed by atoms with Crippen LogP contribution >= 0.6 is 22.6 Å². The minimum Gasteiger partial charge on any atom is -0.309 e. The first-order valence-electron chi connectivity index (χ1n) is 9.48. The molecule has 0 radical (unpaired) electrons. The minimum atomic E-state index is 0.227. The molecule has 0 aliphatic carbocycles. The number of alkyl halides is 1. The van der Waals surface area contributed by atoms with Crippen LogP contribution in [0.15, 0.2) is 60.7 Å². The number of carbonyl (C=O) groups excluding carboxylic acids is 1. The first kappa shape index (κ1) is 19.4. The highest BCUT2D eigenvalue weighted by Crippen LogP contribution is 2.27. The topological polar surface area (TPSA) is 23.6 Å². The number of hydrogen-bond donors (Lipinski definition) is 0. The van der Waals surface area contributed by atoms with Crippen molar-refractivity contribution in [2.24, 2.45) is 0 Å². The van der Waals surface area contributed by atoms with Crippen molar-refractivity contribution >= 4 is 34.2 Å². The zero-order chi connectivity index (χ0) is 18.4. The van der Waals surface area contributed by atoms with Gasteiger partial charge in [0.25, 0.3) is 0 Å². The number of benzene rings is 2. The summed E-state index contributed by atoms with van der Waals surface area (Å²) in [6.45, 7) is 4.05. The fourth-order valence-corrected chi connectivity index (χ4v) is 4.74. The van der Waals surface area contributed by atoms with Crippen LogP contribution < -0.4 is 4.90 Å². The third-order valence-electron chi connectivity index (χ3n) is 5.11. The van der Waals surface area contributed by atoms with Crippen molar-refractivity contribution < 1.29 is 4.79 Å². The fraction of sp³-hybridized carbons (Fsp3) is 0.409. The predicted molar refractivity (Wildman–Crippen MR) is 117 cm³/mol. The molecule has 138 valence electrons. The molecule has 0 bridgehead atoms. The Hall–Kier alpha value is -1.40.